The van der Waals surface area contributed by atoms with Gasteiger partial charge < -0.3 is 10.6 Å². The van der Waals surface area contributed by atoms with Crippen LogP contribution < -0.4 is 10.6 Å². The summed E-state index contributed by atoms with van der Waals surface area (Å²) in [4.78, 5) is 0. The predicted molar refractivity (Wildman–Crippen MR) is 105 cm³/mol. The number of hydrogen-bond acceptors (Lipinski definition) is 2. The van der Waals surface area contributed by atoms with E-state index < -0.39 is 0 Å². The quantitative estimate of drug-likeness (QED) is 0.723. The maximum atomic E-state index is 3.71. The van der Waals surface area contributed by atoms with Crippen LogP contribution in [-0.4, -0.2) is 6.04 Å². The molecule has 2 aromatic carbocycles. The molecular formula is C22H28N2. The molecule has 1 heterocycles. The molecule has 126 valence electrons. The zero-order chi connectivity index (χ0) is 17.2. The third-order valence-corrected chi connectivity index (χ3v) is 5.27. The number of allylic oxidation sites excluding steroid dienone is 1. The van der Waals surface area contributed by atoms with Gasteiger partial charge in [0.05, 0.1) is 0 Å². The van der Waals surface area contributed by atoms with Crippen LogP contribution in [0.1, 0.15) is 50.3 Å². The molecule has 1 aliphatic heterocycles. The fraction of sp³-hybridized carbons (Fsp3) is 0.364. The summed E-state index contributed by atoms with van der Waals surface area (Å²) < 4.78 is 0. The first kappa shape index (κ1) is 16.6. The van der Waals surface area contributed by atoms with Gasteiger partial charge in [0.25, 0.3) is 0 Å². The van der Waals surface area contributed by atoms with Crippen molar-refractivity contribution in [1.82, 2.24) is 0 Å². The second-order valence-corrected chi connectivity index (χ2v) is 6.92. The molecule has 2 aromatic rings. The standard InChI is InChI=1S/C22H28N2/c1-5-18(6-2)24-19-14-16(3)21-20(15-19)22(4,12-13-23-21)17-10-8-7-9-11-17/h7-15,18,23-24H,5-6H2,1-4H3. The van der Waals surface area contributed by atoms with E-state index in [-0.39, 0.29) is 5.41 Å². The molecule has 0 bridgehead atoms. The Hall–Kier alpha value is -2.22. The number of fused-ring (bicyclic) bond motifs is 1. The van der Waals surface area contributed by atoms with Gasteiger partial charge in [0.1, 0.15) is 0 Å². The van der Waals surface area contributed by atoms with Crippen molar-refractivity contribution in [2.45, 2.75) is 52.0 Å². The smallest absolute Gasteiger partial charge is 0.0455 e. The molecule has 0 saturated heterocycles. The van der Waals surface area contributed by atoms with Crippen molar-refractivity contribution in [2.24, 2.45) is 0 Å². The van der Waals surface area contributed by atoms with Crippen molar-refractivity contribution in [1.29, 1.82) is 0 Å². The van der Waals surface area contributed by atoms with E-state index in [0.717, 1.165) is 12.8 Å². The van der Waals surface area contributed by atoms with Crippen molar-refractivity contribution in [3.8, 4) is 0 Å². The molecule has 0 fully saturated rings. The zero-order valence-electron chi connectivity index (χ0n) is 15.2. The molecule has 1 aliphatic rings. The summed E-state index contributed by atoms with van der Waals surface area (Å²) in [5.74, 6) is 0. The van der Waals surface area contributed by atoms with Gasteiger partial charge in [0, 0.05) is 22.8 Å². The number of benzene rings is 2. The fourth-order valence-corrected chi connectivity index (χ4v) is 3.62. The zero-order valence-corrected chi connectivity index (χ0v) is 15.2. The molecule has 0 aliphatic carbocycles. The highest BCUT2D eigenvalue weighted by molar-refractivity contribution is 5.72. The van der Waals surface area contributed by atoms with Crippen LogP contribution in [0, 0.1) is 6.92 Å². The second-order valence-electron chi connectivity index (χ2n) is 6.92. The lowest BCUT2D eigenvalue weighted by molar-refractivity contribution is 0.670. The monoisotopic (exact) mass is 320 g/mol. The average Bonchev–Trinajstić information content (AvgIpc) is 2.61. The molecular weight excluding hydrogens is 292 g/mol. The Labute approximate surface area is 146 Å². The second kappa shape index (κ2) is 6.72. The van der Waals surface area contributed by atoms with Gasteiger partial charge in [-0.05, 0) is 61.7 Å². The lowest BCUT2D eigenvalue weighted by atomic mass is 9.73. The highest BCUT2D eigenvalue weighted by Crippen LogP contribution is 2.43. The third-order valence-electron chi connectivity index (χ3n) is 5.27. The van der Waals surface area contributed by atoms with Gasteiger partial charge in [-0.2, -0.15) is 0 Å². The Morgan fingerprint density at radius 1 is 1.08 bits per heavy atom. The Bertz CT molecular complexity index is 729. The van der Waals surface area contributed by atoms with Crippen LogP contribution in [0.15, 0.2) is 54.7 Å². The molecule has 1 unspecified atom stereocenters. The molecule has 2 nitrogen and oxygen atoms in total. The van der Waals surface area contributed by atoms with E-state index >= 15 is 0 Å². The number of anilines is 2. The Morgan fingerprint density at radius 3 is 2.46 bits per heavy atom. The van der Waals surface area contributed by atoms with Crippen LogP contribution in [0.3, 0.4) is 0 Å². The Balaban J connectivity index is 2.08. The van der Waals surface area contributed by atoms with Crippen LogP contribution in [0.25, 0.3) is 0 Å². The van der Waals surface area contributed by atoms with Gasteiger partial charge in [-0.1, -0.05) is 50.3 Å². The van der Waals surface area contributed by atoms with Gasteiger partial charge in [-0.3, -0.25) is 0 Å². The average molecular weight is 320 g/mol. The lowest BCUT2D eigenvalue weighted by Gasteiger charge is -2.34. The Kier molecular flexibility index (Phi) is 4.66. The van der Waals surface area contributed by atoms with Crippen LogP contribution in [0.2, 0.25) is 0 Å². The maximum absolute atomic E-state index is 3.71. The number of aryl methyl sites for hydroxylation is 1. The van der Waals surface area contributed by atoms with E-state index in [0.29, 0.717) is 6.04 Å². The number of nitrogens with one attached hydrogen (secondary N) is 2. The lowest BCUT2D eigenvalue weighted by Crippen LogP contribution is -2.26. The molecule has 2 N–H and O–H groups in total. The minimum absolute atomic E-state index is 0.113. The van der Waals surface area contributed by atoms with Gasteiger partial charge in [0.2, 0.25) is 0 Å². The molecule has 0 aromatic heterocycles. The molecule has 24 heavy (non-hydrogen) atoms. The van der Waals surface area contributed by atoms with Gasteiger partial charge in [0.15, 0.2) is 0 Å². The molecule has 0 amide bonds. The van der Waals surface area contributed by atoms with Crippen LogP contribution >= 0.6 is 0 Å². The molecule has 2 heteroatoms. The van der Waals surface area contributed by atoms with Crippen molar-refractivity contribution >= 4 is 11.4 Å². The normalized spacial score (nSPS) is 19.0. The molecule has 0 spiro atoms. The SMILES string of the molecule is CCC(CC)Nc1cc(C)c2c(c1)C(C)(c1ccccc1)C=CN2. The Morgan fingerprint density at radius 2 is 1.79 bits per heavy atom. The van der Waals surface area contributed by atoms with Crippen molar-refractivity contribution in [2.75, 3.05) is 10.6 Å². The molecule has 0 radical (unpaired) electrons. The summed E-state index contributed by atoms with van der Waals surface area (Å²) in [6.07, 6.45) is 6.63. The first-order valence-electron chi connectivity index (χ1n) is 9.00. The van der Waals surface area contributed by atoms with E-state index in [1.54, 1.807) is 0 Å². The third kappa shape index (κ3) is 2.93. The first-order chi connectivity index (χ1) is 11.6. The van der Waals surface area contributed by atoms with Crippen molar-refractivity contribution in [3.63, 3.8) is 0 Å². The van der Waals surface area contributed by atoms with Crippen LogP contribution in [0.4, 0.5) is 11.4 Å². The van der Waals surface area contributed by atoms with E-state index in [4.69, 9.17) is 0 Å². The highest BCUT2D eigenvalue weighted by atomic mass is 14.9. The van der Waals surface area contributed by atoms with Crippen molar-refractivity contribution in [3.05, 3.63) is 71.4 Å². The largest absolute Gasteiger partial charge is 0.382 e. The van der Waals surface area contributed by atoms with E-state index in [2.05, 4.69) is 93.1 Å². The number of rotatable bonds is 5. The molecule has 0 saturated carbocycles. The molecule has 1 atom stereocenters. The predicted octanol–water partition coefficient (Wildman–Crippen LogP) is 5.84. The fourth-order valence-electron chi connectivity index (χ4n) is 3.62. The van der Waals surface area contributed by atoms with Crippen molar-refractivity contribution < 1.29 is 0 Å². The van der Waals surface area contributed by atoms with E-state index in [9.17, 15) is 0 Å². The van der Waals surface area contributed by atoms with E-state index in [1.807, 2.05) is 0 Å². The van der Waals surface area contributed by atoms with Gasteiger partial charge in [-0.25, -0.2) is 0 Å². The van der Waals surface area contributed by atoms with Crippen LogP contribution in [-0.2, 0) is 5.41 Å². The first-order valence-corrected chi connectivity index (χ1v) is 9.00. The summed E-state index contributed by atoms with van der Waals surface area (Å²) in [5.41, 5.74) is 6.29. The summed E-state index contributed by atoms with van der Waals surface area (Å²) in [5, 5.41) is 7.16. The summed E-state index contributed by atoms with van der Waals surface area (Å²) in [7, 11) is 0. The van der Waals surface area contributed by atoms with Crippen LogP contribution in [0.5, 0.6) is 0 Å². The van der Waals surface area contributed by atoms with Gasteiger partial charge in [-0.15, -0.1) is 0 Å². The summed E-state index contributed by atoms with van der Waals surface area (Å²) in [6.45, 7) is 8.98. The summed E-state index contributed by atoms with van der Waals surface area (Å²) >= 11 is 0. The molecule has 3 rings (SSSR count). The topological polar surface area (TPSA) is 24.1 Å². The minimum atomic E-state index is -0.113. The highest BCUT2D eigenvalue weighted by Gasteiger charge is 2.32. The van der Waals surface area contributed by atoms with E-state index in [1.165, 1.54) is 28.1 Å². The summed E-state index contributed by atoms with van der Waals surface area (Å²) in [6, 6.07) is 15.9. The van der Waals surface area contributed by atoms with Gasteiger partial charge >= 0.3 is 0 Å². The number of hydrogen-bond donors (Lipinski definition) is 2. The minimum Gasteiger partial charge on any atom is -0.382 e. The maximum Gasteiger partial charge on any atom is 0.0455 e.